The van der Waals surface area contributed by atoms with Crippen molar-refractivity contribution >= 4 is 23.4 Å². The molecule has 1 aliphatic rings. The molecule has 1 aromatic carbocycles. The fraction of sp³-hybridized carbons (Fsp3) is 0.333. The van der Waals surface area contributed by atoms with Crippen molar-refractivity contribution in [2.45, 2.75) is 6.92 Å². The number of benzene rings is 1. The zero-order valence-corrected chi connectivity index (χ0v) is 12.7. The molecule has 7 nitrogen and oxygen atoms in total. The van der Waals surface area contributed by atoms with Gasteiger partial charge in [-0.05, 0) is 12.1 Å². The number of anilines is 3. The Morgan fingerprint density at radius 2 is 1.96 bits per heavy atom. The van der Waals surface area contributed by atoms with Gasteiger partial charge in [-0.3, -0.25) is 4.79 Å². The van der Waals surface area contributed by atoms with Crippen LogP contribution in [0.2, 0.25) is 0 Å². The molecule has 0 aliphatic carbocycles. The molecule has 1 fully saturated rings. The van der Waals surface area contributed by atoms with Crippen LogP contribution in [0.1, 0.15) is 6.92 Å². The SMILES string of the molecule is CC(=O)N1CCN(c2nncc(Nc3ccccc3F)n2)CC1. The second kappa shape index (κ2) is 6.55. The molecule has 2 aromatic rings. The van der Waals surface area contributed by atoms with Crippen molar-refractivity contribution in [1.82, 2.24) is 20.1 Å². The van der Waals surface area contributed by atoms with Gasteiger partial charge in [-0.2, -0.15) is 10.1 Å². The van der Waals surface area contributed by atoms with Gasteiger partial charge < -0.3 is 15.1 Å². The lowest BCUT2D eigenvalue weighted by atomic mass is 10.3. The second-order valence-corrected chi connectivity index (χ2v) is 5.24. The fourth-order valence-electron chi connectivity index (χ4n) is 2.41. The van der Waals surface area contributed by atoms with Crippen molar-refractivity contribution in [2.75, 3.05) is 36.4 Å². The molecule has 3 rings (SSSR count). The van der Waals surface area contributed by atoms with E-state index in [-0.39, 0.29) is 11.7 Å². The van der Waals surface area contributed by atoms with Gasteiger partial charge in [0.1, 0.15) is 5.82 Å². The molecule has 0 atom stereocenters. The first kappa shape index (κ1) is 15.1. The van der Waals surface area contributed by atoms with Gasteiger partial charge in [-0.15, -0.1) is 5.10 Å². The Kier molecular flexibility index (Phi) is 4.31. The van der Waals surface area contributed by atoms with Crippen LogP contribution >= 0.6 is 0 Å². The summed E-state index contributed by atoms with van der Waals surface area (Å²) < 4.78 is 13.7. The summed E-state index contributed by atoms with van der Waals surface area (Å²) in [5.74, 6) is 0.602. The standard InChI is InChI=1S/C15H17FN6O/c1-11(23)21-6-8-22(9-7-21)15-19-14(10-17-20-15)18-13-5-3-2-4-12(13)16/h2-5,10H,6-9H2,1H3,(H,18,19,20). The number of rotatable bonds is 3. The second-order valence-electron chi connectivity index (χ2n) is 5.24. The summed E-state index contributed by atoms with van der Waals surface area (Å²) in [6, 6.07) is 6.36. The molecule has 1 N–H and O–H groups in total. The van der Waals surface area contributed by atoms with E-state index in [0.717, 1.165) is 0 Å². The first-order valence-corrected chi connectivity index (χ1v) is 7.35. The molecule has 1 saturated heterocycles. The van der Waals surface area contributed by atoms with E-state index in [4.69, 9.17) is 0 Å². The number of carbonyl (C=O) groups is 1. The monoisotopic (exact) mass is 316 g/mol. The Morgan fingerprint density at radius 3 is 2.65 bits per heavy atom. The molecule has 0 spiro atoms. The highest BCUT2D eigenvalue weighted by Crippen LogP contribution is 2.19. The Morgan fingerprint density at radius 1 is 1.22 bits per heavy atom. The maximum Gasteiger partial charge on any atom is 0.247 e. The van der Waals surface area contributed by atoms with E-state index >= 15 is 0 Å². The molecule has 8 heteroatoms. The number of hydrogen-bond acceptors (Lipinski definition) is 6. The highest BCUT2D eigenvalue weighted by molar-refractivity contribution is 5.73. The summed E-state index contributed by atoms with van der Waals surface area (Å²) in [6.45, 7) is 4.11. The smallest absolute Gasteiger partial charge is 0.247 e. The molecule has 23 heavy (non-hydrogen) atoms. The molecule has 1 aliphatic heterocycles. The molecule has 2 heterocycles. The van der Waals surface area contributed by atoms with Crippen LogP contribution in [0.25, 0.3) is 0 Å². The number of nitrogens with one attached hydrogen (secondary N) is 1. The number of amides is 1. The van der Waals surface area contributed by atoms with Crippen LogP contribution in [-0.4, -0.2) is 52.2 Å². The summed E-state index contributed by atoms with van der Waals surface area (Å²) >= 11 is 0. The number of nitrogens with zero attached hydrogens (tertiary/aromatic N) is 5. The highest BCUT2D eigenvalue weighted by Gasteiger charge is 2.21. The van der Waals surface area contributed by atoms with Gasteiger partial charge in [-0.25, -0.2) is 4.39 Å². The molecule has 0 radical (unpaired) electrons. The third kappa shape index (κ3) is 3.53. The van der Waals surface area contributed by atoms with Gasteiger partial charge in [0.05, 0.1) is 11.9 Å². The van der Waals surface area contributed by atoms with E-state index in [1.54, 1.807) is 30.0 Å². The van der Waals surface area contributed by atoms with Gasteiger partial charge >= 0.3 is 0 Å². The zero-order chi connectivity index (χ0) is 16.2. The van der Waals surface area contributed by atoms with Crippen LogP contribution in [0.4, 0.5) is 21.8 Å². The summed E-state index contributed by atoms with van der Waals surface area (Å²) in [7, 11) is 0. The zero-order valence-electron chi connectivity index (χ0n) is 12.7. The number of hydrogen-bond donors (Lipinski definition) is 1. The number of halogens is 1. The largest absolute Gasteiger partial charge is 0.339 e. The van der Waals surface area contributed by atoms with Crippen molar-refractivity contribution in [1.29, 1.82) is 0 Å². The lowest BCUT2D eigenvalue weighted by Gasteiger charge is -2.33. The highest BCUT2D eigenvalue weighted by atomic mass is 19.1. The van der Waals surface area contributed by atoms with E-state index < -0.39 is 0 Å². The molecule has 1 amide bonds. The average molecular weight is 316 g/mol. The van der Waals surface area contributed by atoms with Gasteiger partial charge in [0.15, 0.2) is 5.82 Å². The Labute approximate surface area is 133 Å². The summed E-state index contributed by atoms with van der Waals surface area (Å²) in [6.07, 6.45) is 1.45. The first-order valence-electron chi connectivity index (χ1n) is 7.35. The van der Waals surface area contributed by atoms with Crippen LogP contribution in [0.15, 0.2) is 30.5 Å². The first-order chi connectivity index (χ1) is 11.1. The van der Waals surface area contributed by atoms with Crippen LogP contribution in [0, 0.1) is 5.82 Å². The van der Waals surface area contributed by atoms with E-state index in [0.29, 0.717) is 43.6 Å². The lowest BCUT2D eigenvalue weighted by molar-refractivity contribution is -0.129. The minimum atomic E-state index is -0.359. The van der Waals surface area contributed by atoms with Crippen molar-refractivity contribution < 1.29 is 9.18 Å². The van der Waals surface area contributed by atoms with E-state index in [2.05, 4.69) is 20.5 Å². The predicted octanol–water partition coefficient (Wildman–Crippen LogP) is 1.42. The molecular weight excluding hydrogens is 299 g/mol. The summed E-state index contributed by atoms with van der Waals surface area (Å²) in [5.41, 5.74) is 0.334. The Balaban J connectivity index is 1.71. The van der Waals surface area contributed by atoms with Crippen LogP contribution in [0.5, 0.6) is 0 Å². The summed E-state index contributed by atoms with van der Waals surface area (Å²) in [5, 5.41) is 10.8. The van der Waals surface area contributed by atoms with E-state index in [9.17, 15) is 9.18 Å². The summed E-state index contributed by atoms with van der Waals surface area (Å²) in [4.78, 5) is 19.5. The lowest BCUT2D eigenvalue weighted by Crippen LogP contribution is -2.48. The molecular formula is C15H17FN6O. The van der Waals surface area contributed by atoms with Gasteiger partial charge in [-0.1, -0.05) is 12.1 Å². The Bertz CT molecular complexity index is 702. The Hall–Kier alpha value is -2.77. The molecule has 120 valence electrons. The predicted molar refractivity (Wildman–Crippen MR) is 84.0 cm³/mol. The topological polar surface area (TPSA) is 74.2 Å². The fourth-order valence-corrected chi connectivity index (χ4v) is 2.41. The van der Waals surface area contributed by atoms with Gasteiger partial charge in [0.2, 0.25) is 11.9 Å². The number of aromatic nitrogens is 3. The van der Waals surface area contributed by atoms with Crippen molar-refractivity contribution in [3.05, 3.63) is 36.3 Å². The molecule has 1 aromatic heterocycles. The van der Waals surface area contributed by atoms with Gasteiger partial charge in [0, 0.05) is 33.1 Å². The van der Waals surface area contributed by atoms with E-state index in [1.165, 1.54) is 12.3 Å². The minimum Gasteiger partial charge on any atom is -0.339 e. The van der Waals surface area contributed by atoms with Crippen LogP contribution < -0.4 is 10.2 Å². The quantitative estimate of drug-likeness (QED) is 0.923. The minimum absolute atomic E-state index is 0.0682. The third-order valence-electron chi connectivity index (χ3n) is 3.69. The number of para-hydroxylation sites is 1. The van der Waals surface area contributed by atoms with E-state index in [1.807, 2.05) is 4.90 Å². The van der Waals surface area contributed by atoms with Crippen LogP contribution in [-0.2, 0) is 4.79 Å². The third-order valence-corrected chi connectivity index (χ3v) is 3.69. The number of piperazine rings is 1. The van der Waals surface area contributed by atoms with Crippen LogP contribution in [0.3, 0.4) is 0 Å². The van der Waals surface area contributed by atoms with Crippen molar-refractivity contribution in [3.8, 4) is 0 Å². The molecule has 0 saturated carbocycles. The van der Waals surface area contributed by atoms with Gasteiger partial charge in [0.25, 0.3) is 0 Å². The maximum absolute atomic E-state index is 13.7. The molecule has 0 bridgehead atoms. The average Bonchev–Trinajstić information content (AvgIpc) is 2.57. The van der Waals surface area contributed by atoms with Crippen molar-refractivity contribution in [3.63, 3.8) is 0 Å². The van der Waals surface area contributed by atoms with Crippen molar-refractivity contribution in [2.24, 2.45) is 0 Å². The normalized spacial score (nSPS) is 14.7. The maximum atomic E-state index is 13.7. The number of carbonyl (C=O) groups excluding carboxylic acids is 1. The molecule has 0 unspecified atom stereocenters.